The van der Waals surface area contributed by atoms with Crippen molar-refractivity contribution in [3.63, 3.8) is 0 Å². The van der Waals surface area contributed by atoms with Crippen molar-refractivity contribution in [3.05, 3.63) is 71.0 Å². The summed E-state index contributed by atoms with van der Waals surface area (Å²) in [4.78, 5) is 15.5. The van der Waals surface area contributed by atoms with Gasteiger partial charge < -0.3 is 9.73 Å². The molecule has 112 valence electrons. The maximum Gasteiger partial charge on any atom is 0.300 e. The van der Waals surface area contributed by atoms with Crippen LogP contribution < -0.4 is 10.9 Å². The Hall–Kier alpha value is -3.41. The van der Waals surface area contributed by atoms with Gasteiger partial charge in [0.2, 0.25) is 0 Å². The van der Waals surface area contributed by atoms with E-state index in [2.05, 4.69) is 20.5 Å². The van der Waals surface area contributed by atoms with Crippen LogP contribution in [0.25, 0.3) is 22.4 Å². The highest BCUT2D eigenvalue weighted by molar-refractivity contribution is 5.75. The third-order valence-electron chi connectivity index (χ3n) is 3.38. The lowest BCUT2D eigenvalue weighted by molar-refractivity contribution is 0.623. The molecule has 0 saturated carbocycles. The topological polar surface area (TPSA) is 83.8 Å². The molecule has 4 aromatic rings. The number of H-pyrrole nitrogens is 1. The molecule has 0 fully saturated rings. The number of oxazole rings is 1. The summed E-state index contributed by atoms with van der Waals surface area (Å²) < 4.78 is 5.65. The van der Waals surface area contributed by atoms with Crippen molar-refractivity contribution in [2.75, 3.05) is 5.32 Å². The molecule has 0 unspecified atom stereocenters. The normalized spacial score (nSPS) is 10.8. The molecule has 0 aliphatic rings. The molecule has 6 nitrogen and oxygen atoms in total. The first-order valence-electron chi connectivity index (χ1n) is 7.07. The molecule has 0 saturated heterocycles. The number of nitrogens with one attached hydrogen (secondary N) is 2. The monoisotopic (exact) mass is 304 g/mol. The van der Waals surface area contributed by atoms with E-state index >= 15 is 0 Å². The Morgan fingerprint density at radius 2 is 1.91 bits per heavy atom. The molecule has 6 heteroatoms. The molecule has 2 aromatic heterocycles. The first kappa shape index (κ1) is 13.3. The van der Waals surface area contributed by atoms with Gasteiger partial charge in [0, 0.05) is 17.3 Å². The van der Waals surface area contributed by atoms with Gasteiger partial charge in [-0.3, -0.25) is 4.79 Å². The first-order valence-corrected chi connectivity index (χ1v) is 7.07. The minimum Gasteiger partial charge on any atom is -0.423 e. The predicted molar refractivity (Wildman–Crippen MR) is 87.6 cm³/mol. The third kappa shape index (κ3) is 2.69. The predicted octanol–water partition coefficient (Wildman–Crippen LogP) is 3.32. The Kier molecular flexibility index (Phi) is 3.12. The van der Waals surface area contributed by atoms with Crippen molar-refractivity contribution < 1.29 is 4.42 Å². The maximum absolute atomic E-state index is 11.1. The van der Waals surface area contributed by atoms with E-state index in [0.29, 0.717) is 11.7 Å². The van der Waals surface area contributed by atoms with Crippen molar-refractivity contribution in [2.24, 2.45) is 0 Å². The van der Waals surface area contributed by atoms with E-state index in [9.17, 15) is 4.79 Å². The maximum atomic E-state index is 11.1. The molecule has 0 spiro atoms. The number of nitrogens with zero attached hydrogens (tertiary/aromatic N) is 2. The van der Waals surface area contributed by atoms with Crippen molar-refractivity contribution in [1.82, 2.24) is 15.2 Å². The van der Waals surface area contributed by atoms with Crippen LogP contribution in [0.1, 0.15) is 0 Å². The van der Waals surface area contributed by atoms with Gasteiger partial charge in [-0.1, -0.05) is 24.3 Å². The molecular weight excluding hydrogens is 292 g/mol. The van der Waals surface area contributed by atoms with Crippen LogP contribution in [0.5, 0.6) is 0 Å². The number of hydrogen-bond acceptors (Lipinski definition) is 5. The lowest BCUT2D eigenvalue weighted by atomic mass is 10.1. The van der Waals surface area contributed by atoms with Crippen molar-refractivity contribution in [3.8, 4) is 11.3 Å². The lowest BCUT2D eigenvalue weighted by Crippen LogP contribution is -2.05. The van der Waals surface area contributed by atoms with E-state index in [-0.39, 0.29) is 5.56 Å². The first-order chi connectivity index (χ1) is 11.3. The fraction of sp³-hybridized carbons (Fsp3) is 0. The fourth-order valence-electron chi connectivity index (χ4n) is 2.31. The fourth-order valence-corrected chi connectivity index (χ4v) is 2.31. The summed E-state index contributed by atoms with van der Waals surface area (Å²) in [5, 5.41) is 9.59. The zero-order chi connectivity index (χ0) is 15.6. The zero-order valence-electron chi connectivity index (χ0n) is 12.0. The second kappa shape index (κ2) is 5.42. The summed E-state index contributed by atoms with van der Waals surface area (Å²) in [7, 11) is 0. The number of hydrogen-bond donors (Lipinski definition) is 2. The Balaban J connectivity index is 1.65. The Bertz CT molecular complexity index is 982. The highest BCUT2D eigenvalue weighted by Crippen LogP contribution is 2.24. The molecule has 2 heterocycles. The summed E-state index contributed by atoms with van der Waals surface area (Å²) in [5.41, 5.74) is 3.69. The average Bonchev–Trinajstić information content (AvgIpc) is 2.98. The quantitative estimate of drug-likeness (QED) is 0.606. The van der Waals surface area contributed by atoms with Crippen LogP contribution in [-0.4, -0.2) is 15.2 Å². The summed E-state index contributed by atoms with van der Waals surface area (Å²) in [5.74, 6) is 0. The molecule has 0 atom stereocenters. The van der Waals surface area contributed by atoms with Crippen molar-refractivity contribution in [2.45, 2.75) is 0 Å². The van der Waals surface area contributed by atoms with E-state index in [1.807, 2.05) is 48.5 Å². The highest BCUT2D eigenvalue weighted by Gasteiger charge is 2.06. The summed E-state index contributed by atoms with van der Waals surface area (Å²) in [6, 6.07) is 18.8. The van der Waals surface area contributed by atoms with Gasteiger partial charge in [0.1, 0.15) is 5.52 Å². The Morgan fingerprint density at radius 3 is 2.74 bits per heavy atom. The van der Waals surface area contributed by atoms with Crippen molar-refractivity contribution >= 4 is 22.8 Å². The van der Waals surface area contributed by atoms with Crippen LogP contribution in [0, 0.1) is 0 Å². The standard InChI is InChI=1S/C17H12N4O2/c22-16-9-8-13(20-21-16)11-4-3-5-12(10-11)18-17-19-14-6-1-2-7-15(14)23-17/h1-10H,(H,18,19)(H,21,22). The molecule has 23 heavy (non-hydrogen) atoms. The Labute approximate surface area is 130 Å². The van der Waals surface area contributed by atoms with Gasteiger partial charge in [-0.05, 0) is 30.3 Å². The minimum absolute atomic E-state index is 0.227. The number of para-hydroxylation sites is 2. The molecule has 0 radical (unpaired) electrons. The van der Waals surface area contributed by atoms with E-state index in [1.165, 1.54) is 6.07 Å². The van der Waals surface area contributed by atoms with E-state index < -0.39 is 0 Å². The van der Waals surface area contributed by atoms with Crippen LogP contribution >= 0.6 is 0 Å². The molecular formula is C17H12N4O2. The number of aromatic nitrogens is 3. The Morgan fingerprint density at radius 1 is 1.00 bits per heavy atom. The molecule has 0 aliphatic heterocycles. The molecule has 0 bridgehead atoms. The van der Waals surface area contributed by atoms with Gasteiger partial charge in [0.05, 0.1) is 5.69 Å². The van der Waals surface area contributed by atoms with Gasteiger partial charge in [-0.15, -0.1) is 0 Å². The molecule has 2 N–H and O–H groups in total. The van der Waals surface area contributed by atoms with Gasteiger partial charge >= 0.3 is 0 Å². The molecule has 4 rings (SSSR count). The average molecular weight is 304 g/mol. The molecule has 2 aromatic carbocycles. The van der Waals surface area contributed by atoms with Crippen molar-refractivity contribution in [1.29, 1.82) is 0 Å². The largest absolute Gasteiger partial charge is 0.423 e. The van der Waals surface area contributed by atoms with Crippen LogP contribution in [0.2, 0.25) is 0 Å². The van der Waals surface area contributed by atoms with E-state index in [1.54, 1.807) is 6.07 Å². The summed E-state index contributed by atoms with van der Waals surface area (Å²) in [6.45, 7) is 0. The van der Waals surface area contributed by atoms with Crippen LogP contribution in [0.15, 0.2) is 69.9 Å². The number of benzene rings is 2. The molecule has 0 amide bonds. The van der Waals surface area contributed by atoms with Gasteiger partial charge in [0.25, 0.3) is 11.6 Å². The number of rotatable bonds is 3. The second-order valence-corrected chi connectivity index (χ2v) is 5.00. The van der Waals surface area contributed by atoms with Crippen LogP contribution in [-0.2, 0) is 0 Å². The minimum atomic E-state index is -0.227. The van der Waals surface area contributed by atoms with Crippen LogP contribution in [0.3, 0.4) is 0 Å². The lowest BCUT2D eigenvalue weighted by Gasteiger charge is -2.04. The SMILES string of the molecule is O=c1ccc(-c2cccc(Nc3nc4ccccc4o3)c2)n[nH]1. The van der Waals surface area contributed by atoms with Gasteiger partial charge in [-0.2, -0.15) is 10.1 Å². The van der Waals surface area contributed by atoms with Crippen LogP contribution in [0.4, 0.5) is 11.7 Å². The third-order valence-corrected chi connectivity index (χ3v) is 3.38. The summed E-state index contributed by atoms with van der Waals surface area (Å²) >= 11 is 0. The van der Waals surface area contributed by atoms with Gasteiger partial charge in [0.15, 0.2) is 5.58 Å². The second-order valence-electron chi connectivity index (χ2n) is 5.00. The van der Waals surface area contributed by atoms with E-state index in [4.69, 9.17) is 4.42 Å². The zero-order valence-corrected chi connectivity index (χ0v) is 12.0. The number of aromatic amines is 1. The van der Waals surface area contributed by atoms with Gasteiger partial charge in [-0.25, -0.2) is 5.10 Å². The summed E-state index contributed by atoms with van der Waals surface area (Å²) in [6.07, 6.45) is 0. The number of anilines is 2. The highest BCUT2D eigenvalue weighted by atomic mass is 16.4. The number of fused-ring (bicyclic) bond motifs is 1. The smallest absolute Gasteiger partial charge is 0.300 e. The molecule has 0 aliphatic carbocycles. The van der Waals surface area contributed by atoms with E-state index in [0.717, 1.165) is 22.4 Å².